The molecule has 2 N–H and O–H groups in total. The van der Waals surface area contributed by atoms with Gasteiger partial charge >= 0.3 is 0 Å². The number of hydrogen-bond donors (Lipinski definition) is 2. The third-order valence-corrected chi connectivity index (χ3v) is 4.10. The molecule has 0 fully saturated rings. The summed E-state index contributed by atoms with van der Waals surface area (Å²) in [5.74, 6) is 0.148. The van der Waals surface area contributed by atoms with Crippen molar-refractivity contribution in [2.24, 2.45) is 0 Å². The van der Waals surface area contributed by atoms with Gasteiger partial charge in [-0.3, -0.25) is 9.78 Å². The average Bonchev–Trinajstić information content (AvgIpc) is 3.03. The molecule has 1 amide bonds. The summed E-state index contributed by atoms with van der Waals surface area (Å²) >= 11 is 7.23. The molecule has 0 radical (unpaired) electrons. The fraction of sp³-hybridized carbons (Fsp3) is 0.0625. The van der Waals surface area contributed by atoms with Gasteiger partial charge < -0.3 is 10.3 Å². The molecule has 0 saturated carbocycles. The molecule has 5 nitrogen and oxygen atoms in total. The number of rotatable bonds is 5. The maximum Gasteiger partial charge on any atom is 0.234 e. The van der Waals surface area contributed by atoms with Gasteiger partial charge in [-0.2, -0.15) is 0 Å². The maximum absolute atomic E-state index is 11.9. The number of amides is 1. The van der Waals surface area contributed by atoms with E-state index in [0.29, 0.717) is 15.9 Å². The van der Waals surface area contributed by atoms with Gasteiger partial charge in [-0.05, 0) is 30.3 Å². The molecule has 0 unspecified atom stereocenters. The Labute approximate surface area is 142 Å². The van der Waals surface area contributed by atoms with Gasteiger partial charge in [-0.15, -0.1) is 0 Å². The van der Waals surface area contributed by atoms with E-state index in [1.54, 1.807) is 36.7 Å². The lowest BCUT2D eigenvalue weighted by molar-refractivity contribution is -0.113. The summed E-state index contributed by atoms with van der Waals surface area (Å²) in [6, 6.07) is 10.8. The van der Waals surface area contributed by atoms with Gasteiger partial charge in [0.05, 0.1) is 11.4 Å². The summed E-state index contributed by atoms with van der Waals surface area (Å²) in [6.07, 6.45) is 5.25. The molecule has 0 atom stereocenters. The van der Waals surface area contributed by atoms with Gasteiger partial charge in [0.1, 0.15) is 0 Å². The first-order valence-corrected chi connectivity index (χ1v) is 8.21. The second-order valence-electron chi connectivity index (χ2n) is 4.67. The van der Waals surface area contributed by atoms with Gasteiger partial charge in [-0.25, -0.2) is 4.98 Å². The molecule has 23 heavy (non-hydrogen) atoms. The normalized spacial score (nSPS) is 10.5. The van der Waals surface area contributed by atoms with E-state index in [1.807, 2.05) is 18.3 Å². The number of nitrogens with one attached hydrogen (secondary N) is 2. The zero-order chi connectivity index (χ0) is 16.1. The van der Waals surface area contributed by atoms with Gasteiger partial charge in [0, 0.05) is 34.9 Å². The second-order valence-corrected chi connectivity index (χ2v) is 6.07. The van der Waals surface area contributed by atoms with Crippen LogP contribution in [0.1, 0.15) is 0 Å². The average molecular weight is 345 g/mol. The highest BCUT2D eigenvalue weighted by Crippen LogP contribution is 2.21. The van der Waals surface area contributed by atoms with Gasteiger partial charge in [0.2, 0.25) is 5.91 Å². The van der Waals surface area contributed by atoms with Gasteiger partial charge in [0.25, 0.3) is 0 Å². The molecule has 0 saturated heterocycles. The van der Waals surface area contributed by atoms with E-state index >= 15 is 0 Å². The number of carbonyl (C=O) groups is 1. The van der Waals surface area contributed by atoms with Crippen molar-refractivity contribution in [3.63, 3.8) is 0 Å². The van der Waals surface area contributed by atoms with E-state index in [-0.39, 0.29) is 11.7 Å². The number of benzene rings is 1. The largest absolute Gasteiger partial charge is 0.339 e. The predicted molar refractivity (Wildman–Crippen MR) is 92.6 cm³/mol. The number of halogens is 1. The number of H-pyrrole nitrogens is 1. The zero-order valence-electron chi connectivity index (χ0n) is 12.0. The van der Waals surface area contributed by atoms with Crippen LogP contribution in [0.5, 0.6) is 0 Å². The summed E-state index contributed by atoms with van der Waals surface area (Å²) in [5.41, 5.74) is 2.48. The fourth-order valence-electron chi connectivity index (χ4n) is 1.95. The minimum Gasteiger partial charge on any atom is -0.339 e. The van der Waals surface area contributed by atoms with Crippen molar-refractivity contribution >= 4 is 35.0 Å². The van der Waals surface area contributed by atoms with Crippen LogP contribution < -0.4 is 5.32 Å². The predicted octanol–water partition coefficient (Wildman–Crippen LogP) is 3.86. The van der Waals surface area contributed by atoms with Gasteiger partial charge in [-0.1, -0.05) is 29.4 Å². The Morgan fingerprint density at radius 1 is 1.26 bits per heavy atom. The van der Waals surface area contributed by atoms with E-state index in [9.17, 15) is 4.79 Å². The number of imidazole rings is 1. The van der Waals surface area contributed by atoms with Crippen LogP contribution in [0.2, 0.25) is 5.02 Å². The summed E-state index contributed by atoms with van der Waals surface area (Å²) in [7, 11) is 0. The van der Waals surface area contributed by atoms with Crippen LogP contribution in [0.25, 0.3) is 11.3 Å². The first-order chi connectivity index (χ1) is 11.2. The van der Waals surface area contributed by atoms with E-state index < -0.39 is 0 Å². The number of anilines is 1. The molecule has 3 rings (SSSR count). The number of aromatic nitrogens is 3. The Bertz CT molecular complexity index is 807. The number of nitrogens with zero attached hydrogens (tertiary/aromatic N) is 2. The van der Waals surface area contributed by atoms with Crippen molar-refractivity contribution in [2.75, 3.05) is 11.1 Å². The molecule has 2 aromatic heterocycles. The SMILES string of the molecule is O=C(CSc1nc(-c2ccncc2)c[nH]1)Nc1cccc(Cl)c1. The Morgan fingerprint density at radius 3 is 2.87 bits per heavy atom. The number of pyridine rings is 1. The summed E-state index contributed by atoms with van der Waals surface area (Å²) in [4.78, 5) is 23.4. The quantitative estimate of drug-likeness (QED) is 0.689. The summed E-state index contributed by atoms with van der Waals surface area (Å²) in [6.45, 7) is 0. The number of thioether (sulfide) groups is 1. The standard InChI is InChI=1S/C16H13ClN4OS/c17-12-2-1-3-13(8-12)20-15(22)10-23-16-19-9-14(21-16)11-4-6-18-7-5-11/h1-9H,10H2,(H,19,21)(H,20,22). The topological polar surface area (TPSA) is 70.7 Å². The first kappa shape index (κ1) is 15.6. The van der Waals surface area contributed by atoms with E-state index in [4.69, 9.17) is 11.6 Å². The van der Waals surface area contributed by atoms with Crippen LogP contribution in [0.4, 0.5) is 5.69 Å². The van der Waals surface area contributed by atoms with E-state index in [1.165, 1.54) is 11.8 Å². The van der Waals surface area contributed by atoms with Crippen molar-refractivity contribution in [2.45, 2.75) is 5.16 Å². The molecule has 116 valence electrons. The zero-order valence-corrected chi connectivity index (χ0v) is 13.6. The van der Waals surface area contributed by atoms with E-state index in [0.717, 1.165) is 11.3 Å². The summed E-state index contributed by atoms with van der Waals surface area (Å²) < 4.78 is 0. The molecule has 7 heteroatoms. The van der Waals surface area contributed by atoms with E-state index in [2.05, 4.69) is 20.3 Å². The molecule has 3 aromatic rings. The fourth-order valence-corrected chi connectivity index (χ4v) is 2.78. The Kier molecular flexibility index (Phi) is 4.95. The molecule has 0 aliphatic rings. The van der Waals surface area contributed by atoms with Crippen molar-refractivity contribution < 1.29 is 4.79 Å². The van der Waals surface area contributed by atoms with Crippen molar-refractivity contribution in [1.82, 2.24) is 15.0 Å². The van der Waals surface area contributed by atoms with Crippen LogP contribution in [-0.4, -0.2) is 26.6 Å². The van der Waals surface area contributed by atoms with Crippen LogP contribution in [0, 0.1) is 0 Å². The number of aromatic amines is 1. The molecule has 1 aromatic carbocycles. The molecular weight excluding hydrogens is 332 g/mol. The highest BCUT2D eigenvalue weighted by Gasteiger charge is 2.08. The third kappa shape index (κ3) is 4.34. The van der Waals surface area contributed by atoms with Crippen LogP contribution >= 0.6 is 23.4 Å². The summed E-state index contributed by atoms with van der Waals surface area (Å²) in [5, 5.41) is 4.08. The Hall–Kier alpha value is -2.31. The van der Waals surface area contributed by atoms with Crippen LogP contribution in [0.15, 0.2) is 60.1 Å². The first-order valence-electron chi connectivity index (χ1n) is 6.85. The Morgan fingerprint density at radius 2 is 2.09 bits per heavy atom. The number of carbonyl (C=O) groups excluding carboxylic acids is 1. The van der Waals surface area contributed by atoms with Crippen molar-refractivity contribution in [3.05, 3.63) is 60.0 Å². The lowest BCUT2D eigenvalue weighted by Crippen LogP contribution is -2.14. The van der Waals surface area contributed by atoms with Crippen LogP contribution in [-0.2, 0) is 4.79 Å². The highest BCUT2D eigenvalue weighted by atomic mass is 35.5. The minimum atomic E-state index is -0.112. The molecular formula is C16H13ClN4OS. The monoisotopic (exact) mass is 344 g/mol. The minimum absolute atomic E-state index is 0.112. The van der Waals surface area contributed by atoms with Crippen LogP contribution in [0.3, 0.4) is 0 Å². The third-order valence-electron chi connectivity index (χ3n) is 2.98. The molecule has 0 aliphatic heterocycles. The van der Waals surface area contributed by atoms with Crippen molar-refractivity contribution in [3.8, 4) is 11.3 Å². The maximum atomic E-state index is 11.9. The lowest BCUT2D eigenvalue weighted by atomic mass is 10.2. The van der Waals surface area contributed by atoms with Crippen molar-refractivity contribution in [1.29, 1.82) is 0 Å². The molecule has 2 heterocycles. The Balaban J connectivity index is 1.56. The van der Waals surface area contributed by atoms with Gasteiger partial charge in [0.15, 0.2) is 5.16 Å². The molecule has 0 aliphatic carbocycles. The molecule has 0 bridgehead atoms. The smallest absolute Gasteiger partial charge is 0.234 e. The molecule has 0 spiro atoms. The second kappa shape index (κ2) is 7.30. The highest BCUT2D eigenvalue weighted by molar-refractivity contribution is 7.99. The lowest BCUT2D eigenvalue weighted by Gasteiger charge is -2.04. The number of hydrogen-bond acceptors (Lipinski definition) is 4.